The lowest BCUT2D eigenvalue weighted by Crippen LogP contribution is -2.17. The van der Waals surface area contributed by atoms with Crippen LogP contribution in [0.5, 0.6) is 0 Å². The van der Waals surface area contributed by atoms with Crippen LogP contribution < -0.4 is 0 Å². The van der Waals surface area contributed by atoms with Crippen LogP contribution in [0.15, 0.2) is 47.5 Å². The normalized spacial score (nSPS) is 15.4. The number of rotatable bonds is 4. The van der Waals surface area contributed by atoms with Gasteiger partial charge in [0.15, 0.2) is 0 Å². The number of aliphatic imine (C=N–C) groups is 1. The molecule has 0 amide bonds. The number of nitro groups is 1. The zero-order chi connectivity index (χ0) is 21.6. The van der Waals surface area contributed by atoms with Gasteiger partial charge in [-0.25, -0.2) is 4.98 Å². The number of aromatic nitrogens is 2. The number of non-ortho nitro benzene ring substituents is 1. The van der Waals surface area contributed by atoms with E-state index in [0.717, 1.165) is 28.3 Å². The van der Waals surface area contributed by atoms with Gasteiger partial charge in [-0.15, -0.1) is 0 Å². The molecule has 0 saturated heterocycles. The maximum Gasteiger partial charge on any atom is 0.271 e. The molecule has 1 aromatic heterocycles. The summed E-state index contributed by atoms with van der Waals surface area (Å²) >= 11 is 6.50. The molecule has 154 valence electrons. The molecular formula is C22H22ClN5O2. The van der Waals surface area contributed by atoms with E-state index in [-0.39, 0.29) is 16.7 Å². The van der Waals surface area contributed by atoms with Crippen LogP contribution in [-0.2, 0) is 6.54 Å². The third kappa shape index (κ3) is 3.40. The Morgan fingerprint density at radius 3 is 2.60 bits per heavy atom. The van der Waals surface area contributed by atoms with E-state index < -0.39 is 0 Å². The molecule has 7 nitrogen and oxygen atoms in total. The van der Waals surface area contributed by atoms with Crippen molar-refractivity contribution < 1.29 is 4.92 Å². The van der Waals surface area contributed by atoms with E-state index in [1.165, 1.54) is 6.07 Å². The average molecular weight is 424 g/mol. The molecule has 2 heterocycles. The first-order valence-electron chi connectivity index (χ1n) is 9.62. The number of aryl methyl sites for hydroxylation is 1. The van der Waals surface area contributed by atoms with Gasteiger partial charge in [0.25, 0.3) is 5.69 Å². The van der Waals surface area contributed by atoms with Gasteiger partial charge in [-0.1, -0.05) is 29.8 Å². The van der Waals surface area contributed by atoms with Gasteiger partial charge < -0.3 is 4.90 Å². The first-order valence-corrected chi connectivity index (χ1v) is 10.0. The number of hydrogen-bond donors (Lipinski definition) is 0. The fourth-order valence-electron chi connectivity index (χ4n) is 3.83. The van der Waals surface area contributed by atoms with E-state index in [0.29, 0.717) is 23.0 Å². The summed E-state index contributed by atoms with van der Waals surface area (Å²) in [5.41, 5.74) is 4.87. The summed E-state index contributed by atoms with van der Waals surface area (Å²) in [7, 11) is 3.97. The van der Waals surface area contributed by atoms with Gasteiger partial charge in [0, 0.05) is 34.8 Å². The topological polar surface area (TPSA) is 76.6 Å². The second-order valence-corrected chi connectivity index (χ2v) is 8.07. The first-order chi connectivity index (χ1) is 14.3. The molecule has 0 spiro atoms. The Morgan fingerprint density at radius 1 is 1.20 bits per heavy atom. The van der Waals surface area contributed by atoms with Crippen LogP contribution in [0.25, 0.3) is 5.69 Å². The average Bonchev–Trinajstić information content (AvgIpc) is 2.96. The molecule has 2 aromatic carbocycles. The fourth-order valence-corrected chi connectivity index (χ4v) is 4.05. The number of halogens is 1. The zero-order valence-corrected chi connectivity index (χ0v) is 18.0. The van der Waals surface area contributed by atoms with Crippen molar-refractivity contribution in [2.75, 3.05) is 14.1 Å². The SMILES string of the molecule is Cc1nc2n(c1CN(C)C)-c1cc([N+](=O)[O-])ccc1C(c1ccccc1Cl)=NC2C. The zero-order valence-electron chi connectivity index (χ0n) is 17.3. The van der Waals surface area contributed by atoms with Gasteiger partial charge in [-0.3, -0.25) is 19.7 Å². The van der Waals surface area contributed by atoms with Crippen molar-refractivity contribution in [1.29, 1.82) is 0 Å². The van der Waals surface area contributed by atoms with Crippen molar-refractivity contribution >= 4 is 23.0 Å². The highest BCUT2D eigenvalue weighted by Crippen LogP contribution is 2.35. The summed E-state index contributed by atoms with van der Waals surface area (Å²) in [5.74, 6) is 0.758. The number of hydrogen-bond acceptors (Lipinski definition) is 5. The Labute approximate surface area is 179 Å². The highest BCUT2D eigenvalue weighted by molar-refractivity contribution is 6.35. The van der Waals surface area contributed by atoms with Gasteiger partial charge in [0.05, 0.1) is 27.7 Å². The van der Waals surface area contributed by atoms with Crippen LogP contribution in [0.2, 0.25) is 5.02 Å². The summed E-state index contributed by atoms with van der Waals surface area (Å²) in [5, 5.41) is 12.1. The molecule has 0 N–H and O–H groups in total. The minimum absolute atomic E-state index is 0.0231. The summed E-state index contributed by atoms with van der Waals surface area (Å²) in [6.07, 6.45) is 0. The molecule has 1 atom stereocenters. The predicted octanol–water partition coefficient (Wildman–Crippen LogP) is 4.72. The van der Waals surface area contributed by atoms with Crippen molar-refractivity contribution in [3.05, 3.63) is 85.9 Å². The van der Waals surface area contributed by atoms with Crippen LogP contribution in [0, 0.1) is 17.0 Å². The molecular weight excluding hydrogens is 402 g/mol. The van der Waals surface area contributed by atoms with Crippen molar-refractivity contribution in [2.24, 2.45) is 4.99 Å². The molecule has 0 bridgehead atoms. The second kappa shape index (κ2) is 7.66. The lowest BCUT2D eigenvalue weighted by atomic mass is 9.99. The summed E-state index contributed by atoms with van der Waals surface area (Å²) < 4.78 is 2.02. The molecule has 3 aromatic rings. The number of benzene rings is 2. The standard InChI is InChI=1S/C22H22ClN5O2/c1-13-20(12-26(3)4)27-19-11-15(28(29)30)9-10-17(19)21(24-14(2)22(27)25-13)16-7-5-6-8-18(16)23/h5-11,14H,12H2,1-4H3. The van der Waals surface area contributed by atoms with Gasteiger partial charge in [0.2, 0.25) is 0 Å². The van der Waals surface area contributed by atoms with Crippen molar-refractivity contribution in [1.82, 2.24) is 14.5 Å². The molecule has 0 aliphatic carbocycles. The maximum absolute atomic E-state index is 11.5. The van der Waals surface area contributed by atoms with E-state index in [2.05, 4.69) is 4.90 Å². The third-order valence-electron chi connectivity index (χ3n) is 5.18. The van der Waals surface area contributed by atoms with Crippen LogP contribution in [-0.4, -0.2) is 39.2 Å². The number of nitrogens with zero attached hydrogens (tertiary/aromatic N) is 5. The molecule has 0 fully saturated rings. The van der Waals surface area contributed by atoms with E-state index in [4.69, 9.17) is 21.6 Å². The molecule has 4 rings (SSSR count). The van der Waals surface area contributed by atoms with E-state index >= 15 is 0 Å². The van der Waals surface area contributed by atoms with Crippen molar-refractivity contribution in [3.8, 4) is 5.69 Å². The summed E-state index contributed by atoms with van der Waals surface area (Å²) in [4.78, 5) is 23.0. The molecule has 0 saturated carbocycles. The Morgan fingerprint density at radius 2 is 1.93 bits per heavy atom. The van der Waals surface area contributed by atoms with E-state index in [1.807, 2.05) is 56.8 Å². The maximum atomic E-state index is 11.5. The van der Waals surface area contributed by atoms with Gasteiger partial charge in [-0.05, 0) is 40.1 Å². The molecule has 30 heavy (non-hydrogen) atoms. The van der Waals surface area contributed by atoms with Gasteiger partial charge in [-0.2, -0.15) is 0 Å². The largest absolute Gasteiger partial charge is 0.304 e. The quantitative estimate of drug-likeness (QED) is 0.449. The van der Waals surface area contributed by atoms with Crippen LogP contribution in [0.4, 0.5) is 5.69 Å². The van der Waals surface area contributed by atoms with E-state index in [1.54, 1.807) is 12.1 Å². The number of nitro benzene ring substituents is 1. The van der Waals surface area contributed by atoms with Crippen LogP contribution in [0.1, 0.15) is 41.3 Å². The van der Waals surface area contributed by atoms with E-state index in [9.17, 15) is 10.1 Å². The molecule has 1 aliphatic rings. The van der Waals surface area contributed by atoms with Crippen molar-refractivity contribution in [2.45, 2.75) is 26.4 Å². The Bertz CT molecular complexity index is 1180. The minimum atomic E-state index is -0.379. The predicted molar refractivity (Wildman–Crippen MR) is 118 cm³/mol. The summed E-state index contributed by atoms with van der Waals surface area (Å²) in [6, 6.07) is 12.1. The third-order valence-corrected chi connectivity index (χ3v) is 5.51. The molecule has 1 aliphatic heterocycles. The first kappa shape index (κ1) is 20.3. The second-order valence-electron chi connectivity index (χ2n) is 7.67. The van der Waals surface area contributed by atoms with Crippen LogP contribution in [0.3, 0.4) is 0 Å². The minimum Gasteiger partial charge on any atom is -0.304 e. The van der Waals surface area contributed by atoms with Gasteiger partial charge in [0.1, 0.15) is 11.9 Å². The Kier molecular flexibility index (Phi) is 5.17. The number of imidazole rings is 1. The highest BCUT2D eigenvalue weighted by atomic mass is 35.5. The number of fused-ring (bicyclic) bond motifs is 3. The monoisotopic (exact) mass is 423 g/mol. The highest BCUT2D eigenvalue weighted by Gasteiger charge is 2.29. The molecule has 1 unspecified atom stereocenters. The lowest BCUT2D eigenvalue weighted by Gasteiger charge is -2.17. The van der Waals surface area contributed by atoms with Gasteiger partial charge >= 0.3 is 0 Å². The fraction of sp³-hybridized carbons (Fsp3) is 0.273. The smallest absolute Gasteiger partial charge is 0.271 e. The molecule has 8 heteroatoms. The van der Waals surface area contributed by atoms with Crippen molar-refractivity contribution in [3.63, 3.8) is 0 Å². The van der Waals surface area contributed by atoms with Crippen LogP contribution >= 0.6 is 11.6 Å². The lowest BCUT2D eigenvalue weighted by molar-refractivity contribution is -0.384. The molecule has 0 radical (unpaired) electrons. The Hall–Kier alpha value is -3.03. The summed E-state index contributed by atoms with van der Waals surface area (Å²) in [6.45, 7) is 4.59. The Balaban J connectivity index is 2.06.